The second-order valence-electron chi connectivity index (χ2n) is 9.29. The van der Waals surface area contributed by atoms with Crippen molar-refractivity contribution in [3.05, 3.63) is 69.5 Å². The average molecular weight is 493 g/mol. The van der Waals surface area contributed by atoms with Crippen LogP contribution in [0.2, 0.25) is 0 Å². The molecule has 4 rings (SSSR count). The zero-order valence-corrected chi connectivity index (χ0v) is 22.0. The molecule has 2 aromatic carbocycles. The number of aryl methyl sites for hydroxylation is 2. The van der Waals surface area contributed by atoms with E-state index in [0.717, 1.165) is 59.5 Å². The normalized spacial score (nSPS) is 15.9. The molecule has 0 spiro atoms. The highest BCUT2D eigenvalue weighted by molar-refractivity contribution is 7.80. The molecule has 7 heteroatoms. The smallest absolute Gasteiger partial charge is 0.253 e. The molecule has 186 valence electrons. The van der Waals surface area contributed by atoms with Gasteiger partial charge in [0, 0.05) is 23.8 Å². The van der Waals surface area contributed by atoms with E-state index in [-0.39, 0.29) is 5.56 Å². The molecule has 6 nitrogen and oxygen atoms in total. The van der Waals surface area contributed by atoms with Crippen molar-refractivity contribution in [2.24, 2.45) is 0 Å². The Balaban J connectivity index is 1.60. The van der Waals surface area contributed by atoms with Crippen molar-refractivity contribution < 1.29 is 4.74 Å². The van der Waals surface area contributed by atoms with Crippen molar-refractivity contribution in [3.63, 3.8) is 0 Å². The standard InChI is InChI=1S/C28H36N4O2S/c1-5-31-15-7-8-24(31)18-32(28(35)29-23-11-13-25(14-12-23)34-6-2)17-22-16-21-10-9-19(3)20(4)26(21)30-27(22)33/h9-14,16,24H,5-8,15,17-18H2,1-4H3,(H,29,35)(H,30,33)/t24-/m0/s1. The molecule has 0 unspecified atom stereocenters. The zero-order valence-electron chi connectivity index (χ0n) is 21.2. The Morgan fingerprint density at radius 2 is 1.97 bits per heavy atom. The summed E-state index contributed by atoms with van der Waals surface area (Å²) < 4.78 is 5.55. The lowest BCUT2D eigenvalue weighted by Crippen LogP contribution is -2.44. The van der Waals surface area contributed by atoms with Crippen LogP contribution in [0, 0.1) is 13.8 Å². The maximum atomic E-state index is 13.1. The Hall–Kier alpha value is -2.90. The first-order valence-corrected chi connectivity index (χ1v) is 12.9. The minimum atomic E-state index is -0.0566. The van der Waals surface area contributed by atoms with Gasteiger partial charge in [0.25, 0.3) is 5.56 Å². The molecular formula is C28H36N4O2S. The summed E-state index contributed by atoms with van der Waals surface area (Å²) in [4.78, 5) is 20.9. The van der Waals surface area contributed by atoms with E-state index < -0.39 is 0 Å². The minimum absolute atomic E-state index is 0.0566. The van der Waals surface area contributed by atoms with E-state index in [1.807, 2.05) is 37.3 Å². The Morgan fingerprint density at radius 1 is 1.20 bits per heavy atom. The third-order valence-electron chi connectivity index (χ3n) is 7.03. The highest BCUT2D eigenvalue weighted by Gasteiger charge is 2.27. The maximum absolute atomic E-state index is 13.1. The first-order valence-electron chi connectivity index (χ1n) is 12.5. The van der Waals surface area contributed by atoms with Gasteiger partial charge in [0.15, 0.2) is 5.11 Å². The number of likely N-dealkylation sites (tertiary alicyclic amines) is 1. The van der Waals surface area contributed by atoms with Gasteiger partial charge in [-0.05, 0) is 106 Å². The number of likely N-dealkylation sites (N-methyl/N-ethyl adjacent to an activating group) is 1. The SMILES string of the molecule is CCOc1ccc(NC(=S)N(Cc2cc3ccc(C)c(C)c3[nH]c2=O)C[C@@H]2CCCN2CC)cc1. The Morgan fingerprint density at radius 3 is 2.69 bits per heavy atom. The quantitative estimate of drug-likeness (QED) is 0.420. The lowest BCUT2D eigenvalue weighted by atomic mass is 10.0. The van der Waals surface area contributed by atoms with E-state index in [2.05, 4.69) is 53.0 Å². The van der Waals surface area contributed by atoms with E-state index >= 15 is 0 Å². The Labute approximate surface area is 213 Å². The molecular weight excluding hydrogens is 456 g/mol. The Bertz CT molecular complexity index is 1240. The molecule has 1 atom stereocenters. The molecule has 1 aliphatic rings. The van der Waals surface area contributed by atoms with Crippen molar-refractivity contribution >= 4 is 33.9 Å². The van der Waals surface area contributed by atoms with Crippen LogP contribution in [0.25, 0.3) is 10.9 Å². The van der Waals surface area contributed by atoms with Crippen LogP contribution in [0.1, 0.15) is 43.4 Å². The number of aromatic nitrogens is 1. The molecule has 2 N–H and O–H groups in total. The second kappa shape index (κ2) is 11.2. The summed E-state index contributed by atoms with van der Waals surface area (Å²) in [6.07, 6.45) is 2.34. The van der Waals surface area contributed by atoms with Crippen molar-refractivity contribution in [1.82, 2.24) is 14.8 Å². The highest BCUT2D eigenvalue weighted by Crippen LogP contribution is 2.22. The molecule has 0 amide bonds. The first kappa shape index (κ1) is 25.2. The molecule has 1 aliphatic heterocycles. The van der Waals surface area contributed by atoms with Crippen LogP contribution in [0.5, 0.6) is 5.75 Å². The van der Waals surface area contributed by atoms with Gasteiger partial charge in [-0.15, -0.1) is 0 Å². The number of nitrogens with zero attached hydrogens (tertiary/aromatic N) is 2. The summed E-state index contributed by atoms with van der Waals surface area (Å²) in [5.41, 5.74) is 4.76. The van der Waals surface area contributed by atoms with E-state index in [0.29, 0.717) is 24.3 Å². The van der Waals surface area contributed by atoms with Gasteiger partial charge in [0.2, 0.25) is 0 Å². The van der Waals surface area contributed by atoms with Gasteiger partial charge in [0.1, 0.15) is 5.75 Å². The van der Waals surface area contributed by atoms with Crippen LogP contribution in [0.4, 0.5) is 5.69 Å². The van der Waals surface area contributed by atoms with Crippen LogP contribution in [0.15, 0.2) is 47.3 Å². The van der Waals surface area contributed by atoms with Gasteiger partial charge in [-0.25, -0.2) is 0 Å². The number of hydrogen-bond donors (Lipinski definition) is 2. The third-order valence-corrected chi connectivity index (χ3v) is 7.39. The monoisotopic (exact) mass is 492 g/mol. The highest BCUT2D eigenvalue weighted by atomic mass is 32.1. The first-order chi connectivity index (χ1) is 16.9. The summed E-state index contributed by atoms with van der Waals surface area (Å²) in [6.45, 7) is 12.3. The van der Waals surface area contributed by atoms with Gasteiger partial charge >= 0.3 is 0 Å². The fourth-order valence-corrected chi connectivity index (χ4v) is 5.15. The minimum Gasteiger partial charge on any atom is -0.494 e. The topological polar surface area (TPSA) is 60.6 Å². The molecule has 0 radical (unpaired) electrons. The summed E-state index contributed by atoms with van der Waals surface area (Å²) in [6, 6.07) is 14.4. The molecule has 35 heavy (non-hydrogen) atoms. The largest absolute Gasteiger partial charge is 0.494 e. The number of anilines is 1. The van der Waals surface area contributed by atoms with Crippen molar-refractivity contribution in [2.45, 2.75) is 53.1 Å². The lowest BCUT2D eigenvalue weighted by molar-refractivity contribution is 0.221. The van der Waals surface area contributed by atoms with Crippen LogP contribution in [-0.4, -0.2) is 52.2 Å². The number of pyridine rings is 1. The van der Waals surface area contributed by atoms with Gasteiger partial charge in [-0.3, -0.25) is 9.69 Å². The average Bonchev–Trinajstić information content (AvgIpc) is 3.30. The van der Waals surface area contributed by atoms with Gasteiger partial charge in [0.05, 0.1) is 18.7 Å². The van der Waals surface area contributed by atoms with Gasteiger partial charge in [-0.1, -0.05) is 19.1 Å². The number of nitrogens with one attached hydrogen (secondary N) is 2. The molecule has 1 fully saturated rings. The molecule has 3 aromatic rings. The Kier molecular flexibility index (Phi) is 8.08. The number of benzene rings is 2. The second-order valence-corrected chi connectivity index (χ2v) is 9.67. The molecule has 0 bridgehead atoms. The van der Waals surface area contributed by atoms with Crippen LogP contribution in [0.3, 0.4) is 0 Å². The van der Waals surface area contributed by atoms with Gasteiger partial charge < -0.3 is 19.9 Å². The van der Waals surface area contributed by atoms with E-state index in [4.69, 9.17) is 17.0 Å². The summed E-state index contributed by atoms with van der Waals surface area (Å²) in [7, 11) is 0. The van der Waals surface area contributed by atoms with Crippen molar-refractivity contribution in [1.29, 1.82) is 0 Å². The lowest BCUT2D eigenvalue weighted by Gasteiger charge is -2.32. The van der Waals surface area contributed by atoms with Crippen LogP contribution >= 0.6 is 12.2 Å². The molecule has 1 saturated heterocycles. The van der Waals surface area contributed by atoms with Crippen LogP contribution < -0.4 is 15.6 Å². The molecule has 2 heterocycles. The van der Waals surface area contributed by atoms with Gasteiger partial charge in [-0.2, -0.15) is 0 Å². The summed E-state index contributed by atoms with van der Waals surface area (Å²) >= 11 is 5.88. The van der Waals surface area contributed by atoms with E-state index in [1.54, 1.807) is 0 Å². The fourth-order valence-electron chi connectivity index (χ4n) is 4.89. The number of fused-ring (bicyclic) bond motifs is 1. The zero-order chi connectivity index (χ0) is 24.9. The van der Waals surface area contributed by atoms with Crippen molar-refractivity contribution in [3.8, 4) is 5.75 Å². The predicted octanol–water partition coefficient (Wildman–Crippen LogP) is 5.23. The number of hydrogen-bond acceptors (Lipinski definition) is 4. The van der Waals surface area contributed by atoms with Crippen LogP contribution in [-0.2, 0) is 6.54 Å². The fraction of sp³-hybridized carbons (Fsp3) is 0.429. The number of rotatable bonds is 8. The third kappa shape index (κ3) is 5.85. The summed E-state index contributed by atoms with van der Waals surface area (Å²) in [5, 5.41) is 5.05. The maximum Gasteiger partial charge on any atom is 0.253 e. The molecule has 0 aliphatic carbocycles. The van der Waals surface area contributed by atoms with E-state index in [1.165, 1.54) is 12.0 Å². The molecule has 1 aromatic heterocycles. The van der Waals surface area contributed by atoms with Crippen molar-refractivity contribution in [2.75, 3.05) is 31.6 Å². The number of ether oxygens (including phenoxy) is 1. The number of thiocarbonyl (C=S) groups is 1. The van der Waals surface area contributed by atoms with E-state index in [9.17, 15) is 4.79 Å². The number of H-pyrrole nitrogens is 1. The molecule has 0 saturated carbocycles. The summed E-state index contributed by atoms with van der Waals surface area (Å²) in [5.74, 6) is 0.832. The number of aromatic amines is 1. The predicted molar refractivity (Wildman–Crippen MR) is 149 cm³/mol.